The average molecular weight is 582 g/mol. The summed E-state index contributed by atoms with van der Waals surface area (Å²) in [5, 5.41) is 3.28. The third kappa shape index (κ3) is 6.33. The van der Waals surface area contributed by atoms with E-state index in [4.69, 9.17) is 4.42 Å². The summed E-state index contributed by atoms with van der Waals surface area (Å²) in [4.78, 5) is 17.3. The number of aryl methyl sites for hydroxylation is 1. The van der Waals surface area contributed by atoms with Crippen molar-refractivity contribution in [1.82, 2.24) is 14.6 Å². The van der Waals surface area contributed by atoms with E-state index < -0.39 is 10.9 Å². The summed E-state index contributed by atoms with van der Waals surface area (Å²) in [6, 6.07) is 9.58. The first-order chi connectivity index (χ1) is 15.8. The molecule has 0 aliphatic carbocycles. The quantitative estimate of drug-likeness (QED) is 0.191. The average Bonchev–Trinajstić information content (AvgIpc) is 3.16. The predicted molar refractivity (Wildman–Crippen MR) is 139 cm³/mol. The Morgan fingerprint density at radius 2 is 1.97 bits per heavy atom. The first-order valence-electron chi connectivity index (χ1n) is 11.0. The smallest absolute Gasteiger partial charge is 0.255 e. The molecule has 3 rings (SSSR count). The molecule has 33 heavy (non-hydrogen) atoms. The van der Waals surface area contributed by atoms with Crippen molar-refractivity contribution < 1.29 is 17.6 Å². The van der Waals surface area contributed by atoms with Gasteiger partial charge in [-0.1, -0.05) is 56.0 Å². The van der Waals surface area contributed by atoms with Crippen LogP contribution in [0.4, 0.5) is 0 Å². The van der Waals surface area contributed by atoms with Gasteiger partial charge in [-0.05, 0) is 48.4 Å². The maximum Gasteiger partial charge on any atom is 0.255 e. The van der Waals surface area contributed by atoms with E-state index in [1.54, 1.807) is 7.05 Å². The van der Waals surface area contributed by atoms with Gasteiger partial charge >= 0.3 is 0 Å². The highest BCUT2D eigenvalue weighted by atomic mass is 127. The summed E-state index contributed by atoms with van der Waals surface area (Å²) < 4.78 is 32.0. The van der Waals surface area contributed by atoms with Crippen molar-refractivity contribution >= 4 is 50.5 Å². The number of hydrogen-bond donors (Lipinski definition) is 2. The third-order valence-corrected chi connectivity index (χ3v) is 7.14. The fourth-order valence-electron chi connectivity index (χ4n) is 3.58. The van der Waals surface area contributed by atoms with E-state index in [2.05, 4.69) is 46.2 Å². The number of halogens is 1. The maximum atomic E-state index is 12.7. The van der Waals surface area contributed by atoms with E-state index in [9.17, 15) is 13.2 Å². The molecule has 2 aromatic heterocycles. The van der Waals surface area contributed by atoms with Gasteiger partial charge in [-0.15, -0.1) is 0 Å². The van der Waals surface area contributed by atoms with Crippen LogP contribution in [-0.4, -0.2) is 37.2 Å². The van der Waals surface area contributed by atoms with Gasteiger partial charge in [0.25, 0.3) is 5.91 Å². The Bertz CT molecular complexity index is 1180. The topological polar surface area (TPSA) is 92.5 Å². The van der Waals surface area contributed by atoms with Crippen LogP contribution in [0.25, 0.3) is 22.4 Å². The molecule has 0 unspecified atom stereocenters. The van der Waals surface area contributed by atoms with Crippen LogP contribution in [0.15, 0.2) is 34.7 Å². The minimum Gasteiger partial charge on any atom is -0.437 e. The molecular weight excluding hydrogens is 553 g/mol. The minimum absolute atomic E-state index is 0.167. The first kappa shape index (κ1) is 25.6. The van der Waals surface area contributed by atoms with Gasteiger partial charge < -0.3 is 9.73 Å². The number of aromatic nitrogens is 1. The van der Waals surface area contributed by atoms with Gasteiger partial charge in [-0.25, -0.2) is 13.4 Å². The molecule has 0 spiro atoms. The zero-order valence-corrected chi connectivity index (χ0v) is 22.1. The molecule has 1 aromatic carbocycles. The fourth-order valence-corrected chi connectivity index (χ4v) is 4.74. The molecule has 177 valence electrons. The predicted octanol–water partition coefficient (Wildman–Crippen LogP) is 4.88. The van der Waals surface area contributed by atoms with Crippen molar-refractivity contribution in [3.05, 3.63) is 57.1 Å². The van der Waals surface area contributed by atoms with Gasteiger partial charge in [0.15, 0.2) is 0 Å². The molecule has 9 heteroatoms. The molecule has 7 nitrogen and oxygen atoms in total. The molecule has 0 fully saturated rings. The molecule has 1 N–H and O–H groups in total. The van der Waals surface area contributed by atoms with Gasteiger partial charge in [0.1, 0.15) is 5.76 Å². The van der Waals surface area contributed by atoms with Crippen molar-refractivity contribution in [3.8, 4) is 11.3 Å². The molecule has 3 aromatic rings. The SMILES string of the molecule is CC[CH]CCCCN(Cc1nc2oc(-c3ccc(C)cc3)c(C(=O)NC)c2cc1I)[SH](=O)=O. The molecule has 0 saturated carbocycles. The highest BCUT2D eigenvalue weighted by molar-refractivity contribution is 14.1. The Morgan fingerprint density at radius 1 is 1.24 bits per heavy atom. The Balaban J connectivity index is 1.95. The van der Waals surface area contributed by atoms with Crippen LogP contribution >= 0.6 is 22.6 Å². The number of furan rings is 1. The number of carbonyl (C=O) groups is 1. The van der Waals surface area contributed by atoms with Crippen molar-refractivity contribution in [2.45, 2.75) is 46.1 Å². The number of thiol groups is 1. The molecular formula is C24H29IN3O4S. The van der Waals surface area contributed by atoms with E-state index in [0.29, 0.717) is 34.7 Å². The van der Waals surface area contributed by atoms with E-state index in [-0.39, 0.29) is 12.5 Å². The second-order valence-corrected chi connectivity index (χ2v) is 10.0. The number of nitrogens with zero attached hydrogens (tertiary/aromatic N) is 2. The van der Waals surface area contributed by atoms with Crippen LogP contribution in [0.5, 0.6) is 0 Å². The van der Waals surface area contributed by atoms with E-state index in [1.165, 1.54) is 4.31 Å². The summed E-state index contributed by atoms with van der Waals surface area (Å²) in [7, 11) is -1.16. The third-order valence-electron chi connectivity index (χ3n) is 5.40. The molecule has 0 aliphatic rings. The molecule has 0 bridgehead atoms. The Labute approximate surface area is 210 Å². The van der Waals surface area contributed by atoms with Crippen LogP contribution in [0, 0.1) is 16.9 Å². The van der Waals surface area contributed by atoms with Crippen LogP contribution in [0.1, 0.15) is 54.2 Å². The van der Waals surface area contributed by atoms with Crippen molar-refractivity contribution in [2.24, 2.45) is 0 Å². The molecule has 2 heterocycles. The molecule has 0 saturated heterocycles. The second kappa shape index (κ2) is 11.9. The fraction of sp³-hybridized carbons (Fsp3) is 0.375. The number of pyridine rings is 1. The highest BCUT2D eigenvalue weighted by Crippen LogP contribution is 2.34. The Kier molecular flexibility index (Phi) is 9.27. The molecule has 0 aliphatic heterocycles. The van der Waals surface area contributed by atoms with Gasteiger partial charge in [0, 0.05) is 22.7 Å². The lowest BCUT2D eigenvalue weighted by molar-refractivity contribution is 0.0964. The lowest BCUT2D eigenvalue weighted by atomic mass is 10.0. The lowest BCUT2D eigenvalue weighted by Gasteiger charge is -2.15. The number of hydrogen-bond acceptors (Lipinski definition) is 5. The zero-order valence-electron chi connectivity index (χ0n) is 19.1. The van der Waals surface area contributed by atoms with E-state index in [1.807, 2.05) is 37.3 Å². The first-order valence-corrected chi connectivity index (χ1v) is 13.2. The Morgan fingerprint density at radius 3 is 2.61 bits per heavy atom. The number of carbonyl (C=O) groups excluding carboxylic acids is 1. The lowest BCUT2D eigenvalue weighted by Crippen LogP contribution is -2.24. The number of unbranched alkanes of at least 4 members (excludes halogenated alkanes) is 4. The van der Waals surface area contributed by atoms with Gasteiger partial charge in [-0.3, -0.25) is 4.79 Å². The summed E-state index contributed by atoms with van der Waals surface area (Å²) in [5.74, 6) is 0.187. The normalized spacial score (nSPS) is 11.6. The van der Waals surface area contributed by atoms with Crippen LogP contribution in [-0.2, 0) is 17.4 Å². The van der Waals surface area contributed by atoms with Crippen LogP contribution in [0.2, 0.25) is 0 Å². The Hall–Kier alpha value is -1.98. The number of rotatable bonds is 11. The zero-order chi connectivity index (χ0) is 24.0. The van der Waals surface area contributed by atoms with Gasteiger partial charge in [0.2, 0.25) is 16.6 Å². The van der Waals surface area contributed by atoms with E-state index >= 15 is 0 Å². The maximum absolute atomic E-state index is 12.7. The van der Waals surface area contributed by atoms with Crippen molar-refractivity contribution in [3.63, 3.8) is 0 Å². The summed E-state index contributed by atoms with van der Waals surface area (Å²) >= 11 is 2.14. The molecule has 0 atom stereocenters. The minimum atomic E-state index is -2.74. The van der Waals surface area contributed by atoms with E-state index in [0.717, 1.165) is 40.4 Å². The van der Waals surface area contributed by atoms with Crippen LogP contribution < -0.4 is 5.32 Å². The number of amides is 1. The number of nitrogens with one attached hydrogen (secondary N) is 1. The number of fused-ring (bicyclic) bond motifs is 1. The number of benzene rings is 1. The summed E-state index contributed by atoms with van der Waals surface area (Å²) in [6.07, 6.45) is 5.95. The molecule has 1 amide bonds. The van der Waals surface area contributed by atoms with Crippen molar-refractivity contribution in [2.75, 3.05) is 13.6 Å². The second-order valence-electron chi connectivity index (χ2n) is 7.84. The highest BCUT2D eigenvalue weighted by Gasteiger charge is 2.24. The standard InChI is InChI=1S/C24H29IN3O4S/c1-4-5-6-7-8-13-28(33(30)31)15-20-19(25)14-18-21(23(29)26-3)22(32-24(18)27-20)17-11-9-16(2)10-12-17/h5,9-12,14,33H,4,6-8,13,15H2,1-3H3,(H,26,29). The van der Waals surface area contributed by atoms with Crippen molar-refractivity contribution in [1.29, 1.82) is 0 Å². The monoisotopic (exact) mass is 582 g/mol. The summed E-state index contributed by atoms with van der Waals surface area (Å²) in [6.45, 7) is 4.70. The van der Waals surface area contributed by atoms with Gasteiger partial charge in [-0.2, -0.15) is 4.31 Å². The summed E-state index contributed by atoms with van der Waals surface area (Å²) in [5.41, 5.74) is 3.23. The van der Waals surface area contributed by atoms with Crippen LogP contribution in [0.3, 0.4) is 0 Å². The molecule has 1 radical (unpaired) electrons. The van der Waals surface area contributed by atoms with Gasteiger partial charge in [0.05, 0.1) is 23.2 Å². The largest absolute Gasteiger partial charge is 0.437 e.